The minimum absolute atomic E-state index is 0.649. The number of aromatic nitrogens is 1. The van der Waals surface area contributed by atoms with E-state index in [1.165, 1.54) is 11.8 Å². The maximum absolute atomic E-state index is 9.33. The third kappa shape index (κ3) is 3.64. The minimum atomic E-state index is 0.649. The van der Waals surface area contributed by atoms with E-state index < -0.39 is 0 Å². The zero-order valence-corrected chi connectivity index (χ0v) is 14.6. The summed E-state index contributed by atoms with van der Waals surface area (Å²) in [5.74, 6) is 0. The van der Waals surface area contributed by atoms with Gasteiger partial charge in [0.25, 0.3) is 0 Å². The second-order valence-corrected chi connectivity index (χ2v) is 7.79. The van der Waals surface area contributed by atoms with Gasteiger partial charge in [-0.3, -0.25) is 0 Å². The first-order chi connectivity index (χ1) is 10.2. The number of nitrogens with zero attached hydrogens (tertiary/aromatic N) is 2. The van der Waals surface area contributed by atoms with Gasteiger partial charge < -0.3 is 0 Å². The summed E-state index contributed by atoms with van der Waals surface area (Å²) in [5.41, 5.74) is 2.02. The highest BCUT2D eigenvalue weighted by atomic mass is 127. The van der Waals surface area contributed by atoms with Crippen molar-refractivity contribution in [3.8, 4) is 6.07 Å². The lowest BCUT2D eigenvalue weighted by Gasteiger charge is -1.97. The Morgan fingerprint density at radius 2 is 2.10 bits per heavy atom. The molecular weight excluding hydrogens is 411 g/mol. The van der Waals surface area contributed by atoms with E-state index in [1.807, 2.05) is 48.5 Å². The normalized spacial score (nSPS) is 11.5. The van der Waals surface area contributed by atoms with Gasteiger partial charge in [-0.15, -0.1) is 11.3 Å². The molecule has 3 aromatic rings. The molecule has 0 aliphatic carbocycles. The van der Waals surface area contributed by atoms with Gasteiger partial charge in [0.2, 0.25) is 0 Å². The summed E-state index contributed by atoms with van der Waals surface area (Å²) in [4.78, 5) is 5.20. The van der Waals surface area contributed by atoms with Crippen LogP contribution >= 0.6 is 45.7 Å². The van der Waals surface area contributed by atoms with Gasteiger partial charge in [0.1, 0.15) is 6.07 Å². The number of rotatable bonds is 3. The zero-order chi connectivity index (χ0) is 14.7. The van der Waals surface area contributed by atoms with E-state index in [-0.39, 0.29) is 0 Å². The first-order valence-electron chi connectivity index (χ1n) is 6.15. The standard InChI is InChI=1S/C16H9IN2S2/c17-12-5-3-4-11(8-12)9-13(10-18)20-16-19-14-6-1-2-7-15(14)21-16/h1-9H/b13-9+. The van der Waals surface area contributed by atoms with Gasteiger partial charge in [0.05, 0.1) is 15.1 Å². The highest BCUT2D eigenvalue weighted by Gasteiger charge is 2.07. The number of allylic oxidation sites excluding steroid dienone is 1. The molecule has 21 heavy (non-hydrogen) atoms. The zero-order valence-electron chi connectivity index (χ0n) is 10.8. The number of thiazole rings is 1. The third-order valence-corrected chi connectivity index (χ3v) is 5.43. The van der Waals surface area contributed by atoms with Crippen LogP contribution in [0.25, 0.3) is 16.3 Å². The monoisotopic (exact) mass is 420 g/mol. The van der Waals surface area contributed by atoms with Crippen LogP contribution in [0.15, 0.2) is 57.8 Å². The predicted molar refractivity (Wildman–Crippen MR) is 98.2 cm³/mol. The number of halogens is 1. The first-order valence-corrected chi connectivity index (χ1v) is 8.86. The molecule has 0 fully saturated rings. The fraction of sp³-hybridized carbons (Fsp3) is 0. The summed E-state index contributed by atoms with van der Waals surface area (Å²) in [6, 6.07) is 18.3. The number of fused-ring (bicyclic) bond motifs is 1. The average molecular weight is 420 g/mol. The molecule has 0 bridgehead atoms. The second kappa shape index (κ2) is 6.60. The van der Waals surface area contributed by atoms with Crippen LogP contribution in [0.2, 0.25) is 0 Å². The van der Waals surface area contributed by atoms with E-state index in [9.17, 15) is 5.26 Å². The Hall–Kier alpha value is -1.36. The number of nitriles is 1. The smallest absolute Gasteiger partial charge is 0.156 e. The molecule has 0 aliphatic rings. The van der Waals surface area contributed by atoms with Crippen molar-refractivity contribution in [1.82, 2.24) is 4.98 Å². The Labute approximate surface area is 144 Å². The molecule has 0 amide bonds. The summed E-state index contributed by atoms with van der Waals surface area (Å²) in [7, 11) is 0. The molecule has 0 saturated heterocycles. The van der Waals surface area contributed by atoms with Gasteiger partial charge >= 0.3 is 0 Å². The van der Waals surface area contributed by atoms with Crippen LogP contribution in [0, 0.1) is 14.9 Å². The summed E-state index contributed by atoms with van der Waals surface area (Å²) in [6.45, 7) is 0. The third-order valence-electron chi connectivity index (χ3n) is 2.73. The molecule has 0 spiro atoms. The quantitative estimate of drug-likeness (QED) is 0.316. The molecule has 0 atom stereocenters. The van der Waals surface area contributed by atoms with Crippen LogP contribution in [0.3, 0.4) is 0 Å². The van der Waals surface area contributed by atoms with Crippen molar-refractivity contribution in [2.75, 3.05) is 0 Å². The molecule has 0 aliphatic heterocycles. The molecule has 3 rings (SSSR count). The van der Waals surface area contributed by atoms with Crippen LogP contribution in [0.5, 0.6) is 0 Å². The van der Waals surface area contributed by atoms with Crippen LogP contribution in [0.4, 0.5) is 0 Å². The highest BCUT2D eigenvalue weighted by Crippen LogP contribution is 2.34. The maximum Gasteiger partial charge on any atom is 0.156 e. The predicted octanol–water partition coefficient (Wildman–Crippen LogP) is 5.56. The second-order valence-electron chi connectivity index (χ2n) is 4.22. The average Bonchev–Trinajstić information content (AvgIpc) is 2.89. The molecule has 0 N–H and O–H groups in total. The van der Waals surface area contributed by atoms with Gasteiger partial charge in [-0.1, -0.05) is 24.3 Å². The number of benzene rings is 2. The van der Waals surface area contributed by atoms with Gasteiger partial charge in [-0.2, -0.15) is 5.26 Å². The van der Waals surface area contributed by atoms with Crippen LogP contribution < -0.4 is 0 Å². The Kier molecular flexibility index (Phi) is 4.58. The van der Waals surface area contributed by atoms with Crippen molar-refractivity contribution >= 4 is 62.0 Å². The van der Waals surface area contributed by atoms with Gasteiger partial charge in [0, 0.05) is 3.57 Å². The molecule has 102 valence electrons. The van der Waals surface area contributed by atoms with Gasteiger partial charge in [-0.25, -0.2) is 4.98 Å². The number of thioether (sulfide) groups is 1. The molecule has 1 heterocycles. The fourth-order valence-electron chi connectivity index (χ4n) is 1.82. The van der Waals surface area contributed by atoms with Crippen LogP contribution in [-0.4, -0.2) is 4.98 Å². The molecule has 2 aromatic carbocycles. The lowest BCUT2D eigenvalue weighted by Crippen LogP contribution is -1.77. The Morgan fingerprint density at radius 3 is 2.86 bits per heavy atom. The molecule has 0 unspecified atom stereocenters. The van der Waals surface area contributed by atoms with E-state index >= 15 is 0 Å². The van der Waals surface area contributed by atoms with Crippen molar-refractivity contribution in [2.24, 2.45) is 0 Å². The van der Waals surface area contributed by atoms with Crippen LogP contribution in [-0.2, 0) is 0 Å². The lowest BCUT2D eigenvalue weighted by atomic mass is 10.2. The highest BCUT2D eigenvalue weighted by molar-refractivity contribution is 14.1. The first kappa shape index (κ1) is 14.6. The Morgan fingerprint density at radius 1 is 1.24 bits per heavy atom. The molecule has 0 radical (unpaired) electrons. The van der Waals surface area contributed by atoms with Gasteiger partial charge in [0.15, 0.2) is 4.34 Å². The van der Waals surface area contributed by atoms with Crippen molar-refractivity contribution in [3.63, 3.8) is 0 Å². The Balaban J connectivity index is 1.89. The molecule has 5 heteroatoms. The number of para-hydroxylation sites is 1. The lowest BCUT2D eigenvalue weighted by molar-refractivity contribution is 1.31. The van der Waals surface area contributed by atoms with Crippen molar-refractivity contribution in [1.29, 1.82) is 5.26 Å². The van der Waals surface area contributed by atoms with Crippen molar-refractivity contribution in [2.45, 2.75) is 4.34 Å². The summed E-state index contributed by atoms with van der Waals surface area (Å²) < 4.78 is 3.20. The summed E-state index contributed by atoms with van der Waals surface area (Å²) in [6.07, 6.45) is 1.90. The molecule has 0 saturated carbocycles. The molecule has 2 nitrogen and oxygen atoms in total. The van der Waals surface area contributed by atoms with E-state index in [1.54, 1.807) is 11.3 Å². The van der Waals surface area contributed by atoms with Crippen LogP contribution in [0.1, 0.15) is 5.56 Å². The van der Waals surface area contributed by atoms with E-state index in [4.69, 9.17) is 0 Å². The van der Waals surface area contributed by atoms with Crippen molar-refractivity contribution in [3.05, 3.63) is 62.6 Å². The maximum atomic E-state index is 9.33. The Bertz CT molecular complexity index is 829. The molecule has 1 aromatic heterocycles. The number of hydrogen-bond acceptors (Lipinski definition) is 4. The fourth-order valence-corrected chi connectivity index (χ4v) is 4.36. The number of hydrogen-bond donors (Lipinski definition) is 0. The van der Waals surface area contributed by atoms with Gasteiger partial charge in [-0.05, 0) is 70.3 Å². The summed E-state index contributed by atoms with van der Waals surface area (Å²) in [5, 5.41) is 9.33. The molecular formula is C16H9IN2S2. The topological polar surface area (TPSA) is 36.7 Å². The minimum Gasteiger partial charge on any atom is -0.229 e. The largest absolute Gasteiger partial charge is 0.229 e. The van der Waals surface area contributed by atoms with Crippen molar-refractivity contribution < 1.29 is 0 Å². The van der Waals surface area contributed by atoms with E-state index in [0.717, 1.165) is 23.7 Å². The SMILES string of the molecule is N#C/C(=C\c1cccc(I)c1)Sc1nc2ccccc2s1. The van der Waals surface area contributed by atoms with E-state index in [2.05, 4.69) is 39.7 Å². The summed E-state index contributed by atoms with van der Waals surface area (Å²) >= 11 is 5.30. The van der Waals surface area contributed by atoms with E-state index in [0.29, 0.717) is 4.91 Å².